The molecule has 6 heteroatoms. The maximum absolute atomic E-state index is 11.4. The number of hydrogen-bond acceptors (Lipinski definition) is 5. The van der Waals surface area contributed by atoms with E-state index in [0.29, 0.717) is 6.42 Å². The van der Waals surface area contributed by atoms with Gasteiger partial charge in [-0.1, -0.05) is 24.9 Å². The van der Waals surface area contributed by atoms with Crippen LogP contribution in [0, 0.1) is 5.92 Å². The molecule has 128 valence electrons. The van der Waals surface area contributed by atoms with E-state index in [-0.39, 0.29) is 24.2 Å². The van der Waals surface area contributed by atoms with E-state index in [9.17, 15) is 9.90 Å². The summed E-state index contributed by atoms with van der Waals surface area (Å²) >= 11 is 5.66. The first kappa shape index (κ1) is 18.1. The minimum atomic E-state index is -0.773. The van der Waals surface area contributed by atoms with Crippen molar-refractivity contribution in [2.75, 3.05) is 13.1 Å². The molecule has 0 aliphatic carbocycles. The van der Waals surface area contributed by atoms with E-state index in [1.165, 1.54) is 0 Å². The maximum atomic E-state index is 11.4. The van der Waals surface area contributed by atoms with Gasteiger partial charge in [-0.25, -0.2) is 0 Å². The van der Waals surface area contributed by atoms with E-state index >= 15 is 0 Å². The van der Waals surface area contributed by atoms with E-state index in [4.69, 9.17) is 21.1 Å². The van der Waals surface area contributed by atoms with Crippen LogP contribution in [-0.4, -0.2) is 59.0 Å². The average Bonchev–Trinajstić information content (AvgIpc) is 2.74. The lowest BCUT2D eigenvalue weighted by Gasteiger charge is -2.37. The third-order valence-electron chi connectivity index (χ3n) is 4.62. The number of aliphatic hydroxyl groups is 1. The molecule has 2 aliphatic heterocycles. The lowest BCUT2D eigenvalue weighted by Crippen LogP contribution is -2.52. The topological polar surface area (TPSA) is 59.0 Å². The minimum absolute atomic E-state index is 0.0212. The monoisotopic (exact) mass is 333 g/mol. The zero-order chi connectivity index (χ0) is 16.3. The Labute approximate surface area is 137 Å². The summed E-state index contributed by atoms with van der Waals surface area (Å²) in [5, 5.41) is 9.28. The molecule has 22 heavy (non-hydrogen) atoms. The molecule has 2 saturated heterocycles. The molecular formula is C16H28ClNO4. The van der Waals surface area contributed by atoms with E-state index in [0.717, 1.165) is 38.6 Å². The van der Waals surface area contributed by atoms with Crippen LogP contribution in [0.4, 0.5) is 0 Å². The Bertz CT molecular complexity index is 377. The van der Waals surface area contributed by atoms with Crippen LogP contribution in [0.25, 0.3) is 0 Å². The molecule has 2 aliphatic rings. The summed E-state index contributed by atoms with van der Waals surface area (Å²) in [5.41, 5.74) is -0.773. The lowest BCUT2D eigenvalue weighted by molar-refractivity contribution is -0.145. The van der Waals surface area contributed by atoms with Gasteiger partial charge in [0.25, 0.3) is 0 Å². The Morgan fingerprint density at radius 1 is 1.36 bits per heavy atom. The minimum Gasteiger partial charge on any atom is -0.377 e. The number of rotatable bonds is 7. The normalized spacial score (nSPS) is 34.1. The van der Waals surface area contributed by atoms with Crippen LogP contribution >= 0.6 is 11.6 Å². The molecule has 0 bridgehead atoms. The fourth-order valence-corrected chi connectivity index (χ4v) is 3.46. The number of alkyl halides is 1. The number of likely N-dealkylation sites (tertiary alicyclic amines) is 1. The quantitative estimate of drug-likeness (QED) is 0.439. The number of fused-ring (bicyclic) bond motifs is 1. The third kappa shape index (κ3) is 4.65. The van der Waals surface area contributed by atoms with Gasteiger partial charge in [-0.15, -0.1) is 0 Å². The highest BCUT2D eigenvalue weighted by Gasteiger charge is 2.46. The molecule has 2 unspecified atom stereocenters. The molecule has 0 saturated carbocycles. The van der Waals surface area contributed by atoms with Crippen molar-refractivity contribution >= 4 is 17.9 Å². The van der Waals surface area contributed by atoms with Crippen molar-refractivity contribution in [3.05, 3.63) is 0 Å². The number of aliphatic hydroxyl groups excluding tert-OH is 1. The summed E-state index contributed by atoms with van der Waals surface area (Å²) in [6, 6.07) is -0.0882. The first-order valence-corrected chi connectivity index (χ1v) is 8.63. The van der Waals surface area contributed by atoms with Crippen LogP contribution < -0.4 is 0 Å². The Balaban J connectivity index is 1.79. The van der Waals surface area contributed by atoms with Crippen LogP contribution in [0.15, 0.2) is 0 Å². The van der Waals surface area contributed by atoms with Crippen LogP contribution in [0.2, 0.25) is 0 Å². The Kier molecular flexibility index (Phi) is 6.25. The van der Waals surface area contributed by atoms with Crippen molar-refractivity contribution in [1.82, 2.24) is 4.90 Å². The molecule has 5 atom stereocenters. The second-order valence-corrected chi connectivity index (χ2v) is 7.44. The number of piperidine rings is 1. The zero-order valence-corrected chi connectivity index (χ0v) is 14.5. The Hall–Kier alpha value is -0.200. The SMILES string of the molecule is C[C@@H](CCCCN1C[C@H]2OC(C)(C)O[C@H]2CC1C=O)C(O)Cl. The summed E-state index contributed by atoms with van der Waals surface area (Å²) in [4.78, 5) is 13.6. The number of hydrogen-bond donors (Lipinski definition) is 1. The van der Waals surface area contributed by atoms with E-state index < -0.39 is 11.4 Å². The molecule has 2 fully saturated rings. The fraction of sp³-hybridized carbons (Fsp3) is 0.938. The summed E-state index contributed by atoms with van der Waals surface area (Å²) < 4.78 is 11.8. The van der Waals surface area contributed by atoms with Crippen LogP contribution in [-0.2, 0) is 14.3 Å². The highest BCUT2D eigenvalue weighted by atomic mass is 35.5. The first-order valence-electron chi connectivity index (χ1n) is 8.19. The smallest absolute Gasteiger partial charge is 0.163 e. The highest BCUT2D eigenvalue weighted by molar-refractivity contribution is 6.19. The predicted molar refractivity (Wildman–Crippen MR) is 84.7 cm³/mol. The first-order chi connectivity index (χ1) is 10.3. The van der Waals surface area contributed by atoms with Crippen molar-refractivity contribution < 1.29 is 19.4 Å². The molecular weight excluding hydrogens is 306 g/mol. The second-order valence-electron chi connectivity index (χ2n) is 6.99. The molecule has 2 heterocycles. The molecule has 0 aromatic rings. The predicted octanol–water partition coefficient (Wildman–Crippen LogP) is 2.14. The standard InChI is InChI=1S/C16H28ClNO4/c1-11(15(17)20)6-4-5-7-18-9-14-13(8-12(18)10-19)21-16(2,3)22-14/h10-15,20H,4-9H2,1-3H3/t11-,12?,13-,14+,15?/m0/s1. The van der Waals surface area contributed by atoms with Gasteiger partial charge in [-0.3, -0.25) is 4.90 Å². The van der Waals surface area contributed by atoms with Crippen molar-refractivity contribution in [3.8, 4) is 0 Å². The number of carbonyl (C=O) groups is 1. The molecule has 0 aromatic heterocycles. The van der Waals surface area contributed by atoms with Crippen LogP contribution in [0.3, 0.4) is 0 Å². The number of aldehydes is 1. The molecule has 5 nitrogen and oxygen atoms in total. The van der Waals surface area contributed by atoms with Crippen molar-refractivity contribution in [1.29, 1.82) is 0 Å². The van der Waals surface area contributed by atoms with Gasteiger partial charge < -0.3 is 19.4 Å². The fourth-order valence-electron chi connectivity index (χ4n) is 3.33. The van der Waals surface area contributed by atoms with Gasteiger partial charge in [0.15, 0.2) is 5.79 Å². The number of ether oxygens (including phenoxy) is 2. The summed E-state index contributed by atoms with van der Waals surface area (Å²) in [6.45, 7) is 7.39. The molecule has 1 N–H and O–H groups in total. The molecule has 0 aromatic carbocycles. The van der Waals surface area contributed by atoms with E-state index in [2.05, 4.69) is 4.90 Å². The Morgan fingerprint density at radius 2 is 2.05 bits per heavy atom. The Morgan fingerprint density at radius 3 is 2.68 bits per heavy atom. The van der Waals surface area contributed by atoms with Crippen LogP contribution in [0.5, 0.6) is 0 Å². The van der Waals surface area contributed by atoms with Crippen molar-refractivity contribution in [2.45, 2.75) is 76.1 Å². The van der Waals surface area contributed by atoms with Crippen molar-refractivity contribution in [2.24, 2.45) is 5.92 Å². The van der Waals surface area contributed by atoms with Gasteiger partial charge in [-0.2, -0.15) is 0 Å². The van der Waals surface area contributed by atoms with Crippen LogP contribution in [0.1, 0.15) is 46.5 Å². The lowest BCUT2D eigenvalue weighted by atomic mass is 9.97. The number of carbonyl (C=O) groups excluding carboxylic acids is 1. The maximum Gasteiger partial charge on any atom is 0.163 e. The highest BCUT2D eigenvalue weighted by Crippen LogP contribution is 2.34. The van der Waals surface area contributed by atoms with Gasteiger partial charge in [0.05, 0.1) is 18.2 Å². The summed E-state index contributed by atoms with van der Waals surface area (Å²) in [7, 11) is 0. The van der Waals surface area contributed by atoms with Gasteiger partial charge in [0.1, 0.15) is 11.8 Å². The third-order valence-corrected chi connectivity index (χ3v) is 5.05. The molecule has 0 radical (unpaired) electrons. The molecule has 0 amide bonds. The van der Waals surface area contributed by atoms with Gasteiger partial charge >= 0.3 is 0 Å². The average molecular weight is 334 g/mol. The molecule has 0 spiro atoms. The largest absolute Gasteiger partial charge is 0.377 e. The number of unbranched alkanes of at least 4 members (excludes halogenated alkanes) is 1. The number of nitrogens with zero attached hydrogens (tertiary/aromatic N) is 1. The zero-order valence-electron chi connectivity index (χ0n) is 13.7. The molecule has 2 rings (SSSR count). The van der Waals surface area contributed by atoms with Gasteiger partial charge in [0, 0.05) is 6.54 Å². The van der Waals surface area contributed by atoms with Crippen molar-refractivity contribution in [3.63, 3.8) is 0 Å². The van der Waals surface area contributed by atoms with Gasteiger partial charge in [0.2, 0.25) is 0 Å². The number of halogens is 1. The summed E-state index contributed by atoms with van der Waals surface area (Å²) in [5.74, 6) is -0.452. The second kappa shape index (κ2) is 7.58. The van der Waals surface area contributed by atoms with E-state index in [1.807, 2.05) is 20.8 Å². The summed E-state index contributed by atoms with van der Waals surface area (Å²) in [6.07, 6.45) is 4.67. The van der Waals surface area contributed by atoms with Gasteiger partial charge in [-0.05, 0) is 45.6 Å². The van der Waals surface area contributed by atoms with E-state index in [1.54, 1.807) is 0 Å².